The minimum absolute atomic E-state index is 0.0531. The van der Waals surface area contributed by atoms with Crippen molar-refractivity contribution >= 4 is 11.7 Å². The fraction of sp³-hybridized carbons (Fsp3) is 0.417. The number of amides is 2. The van der Waals surface area contributed by atoms with Crippen LogP contribution in [0.25, 0.3) is 0 Å². The SMILES string of the molecule is COc1ccccc1NC(=O)N1CC[NH2+]CC1. The molecule has 1 aliphatic heterocycles. The number of carbonyl (C=O) groups excluding carboxylic acids is 1. The summed E-state index contributed by atoms with van der Waals surface area (Å²) in [6.07, 6.45) is 0. The highest BCUT2D eigenvalue weighted by atomic mass is 16.5. The number of hydrogen-bond acceptors (Lipinski definition) is 2. The second-order valence-corrected chi connectivity index (χ2v) is 3.98. The number of nitrogens with zero attached hydrogens (tertiary/aromatic N) is 1. The average molecular weight is 236 g/mol. The van der Waals surface area contributed by atoms with Gasteiger partial charge in [0.25, 0.3) is 0 Å². The zero-order valence-electron chi connectivity index (χ0n) is 9.98. The van der Waals surface area contributed by atoms with Crippen molar-refractivity contribution in [1.82, 2.24) is 4.90 Å². The quantitative estimate of drug-likeness (QED) is 0.765. The van der Waals surface area contributed by atoms with Crippen LogP contribution in [0.15, 0.2) is 24.3 Å². The van der Waals surface area contributed by atoms with E-state index in [2.05, 4.69) is 10.6 Å². The Kier molecular flexibility index (Phi) is 3.82. The van der Waals surface area contributed by atoms with E-state index in [1.165, 1.54) is 0 Å². The lowest BCUT2D eigenvalue weighted by molar-refractivity contribution is -0.661. The largest absolute Gasteiger partial charge is 0.495 e. The van der Waals surface area contributed by atoms with Crippen LogP contribution in [0.5, 0.6) is 5.75 Å². The van der Waals surface area contributed by atoms with E-state index in [1.807, 2.05) is 29.2 Å². The van der Waals surface area contributed by atoms with Crippen molar-refractivity contribution in [3.8, 4) is 5.75 Å². The molecule has 5 nitrogen and oxygen atoms in total. The highest BCUT2D eigenvalue weighted by Crippen LogP contribution is 2.23. The number of carbonyl (C=O) groups is 1. The van der Waals surface area contributed by atoms with E-state index in [0.29, 0.717) is 5.75 Å². The number of hydrogen-bond donors (Lipinski definition) is 2. The van der Waals surface area contributed by atoms with Crippen molar-refractivity contribution in [3.63, 3.8) is 0 Å². The highest BCUT2D eigenvalue weighted by Gasteiger charge is 2.18. The lowest BCUT2D eigenvalue weighted by atomic mass is 10.3. The lowest BCUT2D eigenvalue weighted by Gasteiger charge is -2.25. The summed E-state index contributed by atoms with van der Waals surface area (Å²) in [6.45, 7) is 3.53. The molecule has 0 radical (unpaired) electrons. The predicted molar refractivity (Wildman–Crippen MR) is 65.2 cm³/mol. The Morgan fingerprint density at radius 2 is 2.06 bits per heavy atom. The Hall–Kier alpha value is -1.75. The van der Waals surface area contributed by atoms with Crippen LogP contribution in [0.3, 0.4) is 0 Å². The summed E-state index contributed by atoms with van der Waals surface area (Å²) in [5.41, 5.74) is 0.717. The molecule has 0 bridgehead atoms. The Morgan fingerprint density at radius 3 is 2.76 bits per heavy atom. The number of methoxy groups -OCH3 is 1. The minimum atomic E-state index is -0.0531. The van der Waals surface area contributed by atoms with Gasteiger partial charge in [0.1, 0.15) is 5.75 Å². The van der Waals surface area contributed by atoms with Gasteiger partial charge in [-0.25, -0.2) is 4.79 Å². The van der Waals surface area contributed by atoms with Gasteiger partial charge in [-0.2, -0.15) is 0 Å². The summed E-state index contributed by atoms with van der Waals surface area (Å²) in [6, 6.07) is 7.38. The molecule has 0 aromatic heterocycles. The first-order chi connectivity index (χ1) is 8.31. The molecule has 1 fully saturated rings. The molecule has 92 valence electrons. The molecular weight excluding hydrogens is 218 g/mol. The zero-order valence-corrected chi connectivity index (χ0v) is 9.98. The monoisotopic (exact) mass is 236 g/mol. The first-order valence-electron chi connectivity index (χ1n) is 5.82. The molecule has 0 aliphatic carbocycles. The zero-order chi connectivity index (χ0) is 12.1. The molecule has 1 aromatic rings. The molecule has 1 aromatic carbocycles. The van der Waals surface area contributed by atoms with Gasteiger partial charge in [0, 0.05) is 0 Å². The number of piperazine rings is 1. The van der Waals surface area contributed by atoms with Crippen LogP contribution in [0.1, 0.15) is 0 Å². The molecule has 17 heavy (non-hydrogen) atoms. The van der Waals surface area contributed by atoms with Crippen molar-refractivity contribution in [2.45, 2.75) is 0 Å². The van der Waals surface area contributed by atoms with Gasteiger partial charge in [0.15, 0.2) is 0 Å². The maximum absolute atomic E-state index is 12.0. The number of para-hydroxylation sites is 2. The minimum Gasteiger partial charge on any atom is -0.495 e. The fourth-order valence-corrected chi connectivity index (χ4v) is 1.90. The van der Waals surface area contributed by atoms with E-state index in [-0.39, 0.29) is 6.03 Å². The van der Waals surface area contributed by atoms with Crippen LogP contribution in [0, 0.1) is 0 Å². The Morgan fingerprint density at radius 1 is 1.35 bits per heavy atom. The van der Waals surface area contributed by atoms with Gasteiger partial charge in [-0.15, -0.1) is 0 Å². The van der Waals surface area contributed by atoms with Gasteiger partial charge in [0.2, 0.25) is 0 Å². The molecule has 0 saturated carbocycles. The Bertz CT molecular complexity index is 389. The second-order valence-electron chi connectivity index (χ2n) is 3.98. The van der Waals surface area contributed by atoms with Crippen LogP contribution in [-0.4, -0.2) is 44.2 Å². The van der Waals surface area contributed by atoms with Gasteiger partial charge in [-0.1, -0.05) is 12.1 Å². The first kappa shape index (κ1) is 11.7. The molecule has 0 atom stereocenters. The summed E-state index contributed by atoms with van der Waals surface area (Å²) in [4.78, 5) is 13.8. The summed E-state index contributed by atoms with van der Waals surface area (Å²) in [5, 5.41) is 5.09. The van der Waals surface area contributed by atoms with Crippen LogP contribution in [0.2, 0.25) is 0 Å². The van der Waals surface area contributed by atoms with Crippen LogP contribution in [-0.2, 0) is 0 Å². The van der Waals surface area contributed by atoms with E-state index >= 15 is 0 Å². The molecule has 0 unspecified atom stereocenters. The molecular formula is C12H18N3O2+. The average Bonchev–Trinajstić information content (AvgIpc) is 2.40. The molecule has 3 N–H and O–H groups in total. The van der Waals surface area contributed by atoms with Crippen molar-refractivity contribution in [2.75, 3.05) is 38.6 Å². The maximum Gasteiger partial charge on any atom is 0.322 e. The third-order valence-corrected chi connectivity index (χ3v) is 2.84. The fourth-order valence-electron chi connectivity index (χ4n) is 1.90. The number of rotatable bonds is 2. The summed E-state index contributed by atoms with van der Waals surface area (Å²) < 4.78 is 5.19. The molecule has 2 amide bonds. The topological polar surface area (TPSA) is 58.2 Å². The molecule has 1 saturated heterocycles. The third kappa shape index (κ3) is 2.88. The number of nitrogens with two attached hydrogens (primary N) is 1. The second kappa shape index (κ2) is 5.54. The normalized spacial score (nSPS) is 15.5. The number of ether oxygens (including phenoxy) is 1. The van der Waals surface area contributed by atoms with Crippen molar-refractivity contribution in [2.24, 2.45) is 0 Å². The van der Waals surface area contributed by atoms with Crippen LogP contribution in [0.4, 0.5) is 10.5 Å². The summed E-state index contributed by atoms with van der Waals surface area (Å²) in [5.74, 6) is 0.685. The number of anilines is 1. The molecule has 0 spiro atoms. The van der Waals surface area contributed by atoms with Crippen LogP contribution < -0.4 is 15.4 Å². The lowest BCUT2D eigenvalue weighted by Crippen LogP contribution is -2.90. The van der Waals surface area contributed by atoms with Crippen molar-refractivity contribution in [1.29, 1.82) is 0 Å². The number of urea groups is 1. The molecule has 2 rings (SSSR count). The van der Waals surface area contributed by atoms with Gasteiger partial charge >= 0.3 is 6.03 Å². The van der Waals surface area contributed by atoms with Gasteiger partial charge < -0.3 is 20.3 Å². The van der Waals surface area contributed by atoms with Gasteiger partial charge in [-0.3, -0.25) is 0 Å². The van der Waals surface area contributed by atoms with Gasteiger partial charge in [0.05, 0.1) is 39.0 Å². The van der Waals surface area contributed by atoms with E-state index in [9.17, 15) is 4.79 Å². The molecule has 5 heteroatoms. The van der Waals surface area contributed by atoms with E-state index in [4.69, 9.17) is 4.74 Å². The summed E-state index contributed by atoms with van der Waals surface area (Å²) >= 11 is 0. The maximum atomic E-state index is 12.0. The highest BCUT2D eigenvalue weighted by molar-refractivity contribution is 5.91. The number of benzene rings is 1. The molecule has 1 aliphatic rings. The van der Waals surface area contributed by atoms with Crippen LogP contribution >= 0.6 is 0 Å². The van der Waals surface area contributed by atoms with Crippen molar-refractivity contribution in [3.05, 3.63) is 24.3 Å². The van der Waals surface area contributed by atoms with E-state index in [0.717, 1.165) is 31.9 Å². The predicted octanol–water partition coefficient (Wildman–Crippen LogP) is 0.106. The smallest absolute Gasteiger partial charge is 0.322 e. The van der Waals surface area contributed by atoms with Crippen molar-refractivity contribution < 1.29 is 14.8 Å². The van der Waals surface area contributed by atoms with E-state index < -0.39 is 0 Å². The number of nitrogens with one attached hydrogen (secondary N) is 1. The summed E-state index contributed by atoms with van der Waals surface area (Å²) in [7, 11) is 1.60. The first-order valence-corrected chi connectivity index (χ1v) is 5.82. The van der Waals surface area contributed by atoms with E-state index in [1.54, 1.807) is 7.11 Å². The Balaban J connectivity index is 2.01. The third-order valence-electron chi connectivity index (χ3n) is 2.84. The standard InChI is InChI=1S/C12H17N3O2/c1-17-11-5-3-2-4-10(11)14-12(16)15-8-6-13-7-9-15/h2-5,13H,6-9H2,1H3,(H,14,16)/p+1. The van der Waals surface area contributed by atoms with Gasteiger partial charge in [-0.05, 0) is 12.1 Å². The molecule has 1 heterocycles. The number of quaternary nitrogens is 1. The Labute approximate surface area is 101 Å².